The van der Waals surface area contributed by atoms with Gasteiger partial charge in [0.15, 0.2) is 5.13 Å². The number of H-pyrrole nitrogens is 1. The molecule has 4 nitrogen and oxygen atoms in total. The lowest BCUT2D eigenvalue weighted by atomic mass is 10.1. The third kappa shape index (κ3) is 1.55. The lowest BCUT2D eigenvalue weighted by Crippen LogP contribution is -1.82. The van der Waals surface area contributed by atoms with Gasteiger partial charge in [-0.2, -0.15) is 5.26 Å². The molecule has 17 heavy (non-hydrogen) atoms. The molecule has 0 saturated carbocycles. The maximum absolute atomic E-state index is 8.83. The first-order chi connectivity index (χ1) is 8.28. The number of thiazole rings is 1. The number of nitrogen functional groups attached to an aromatic ring is 1. The number of nitriles is 1. The number of nitrogens with zero attached hydrogens (tertiary/aromatic N) is 2. The molecule has 0 bridgehead atoms. The van der Waals surface area contributed by atoms with Gasteiger partial charge in [0.1, 0.15) is 0 Å². The van der Waals surface area contributed by atoms with E-state index < -0.39 is 0 Å². The summed E-state index contributed by atoms with van der Waals surface area (Å²) in [5.74, 6) is 0. The molecule has 3 rings (SSSR count). The molecule has 2 aromatic heterocycles. The highest BCUT2D eigenvalue weighted by molar-refractivity contribution is 7.13. The summed E-state index contributed by atoms with van der Waals surface area (Å²) in [7, 11) is 0. The van der Waals surface area contributed by atoms with E-state index in [2.05, 4.69) is 16.0 Å². The number of benzene rings is 1. The molecule has 0 aliphatic heterocycles. The number of hydrogen-bond donors (Lipinski definition) is 2. The van der Waals surface area contributed by atoms with Crippen LogP contribution in [0.5, 0.6) is 0 Å². The van der Waals surface area contributed by atoms with E-state index >= 15 is 0 Å². The average molecular weight is 240 g/mol. The smallest absolute Gasteiger partial charge is 0.180 e. The molecule has 2 heterocycles. The summed E-state index contributed by atoms with van der Waals surface area (Å²) in [6, 6.07) is 7.67. The minimum Gasteiger partial charge on any atom is -0.375 e. The first-order valence-corrected chi connectivity index (χ1v) is 5.88. The van der Waals surface area contributed by atoms with Gasteiger partial charge in [0, 0.05) is 28.0 Å². The highest BCUT2D eigenvalue weighted by Gasteiger charge is 2.09. The van der Waals surface area contributed by atoms with Crippen LogP contribution in [-0.2, 0) is 0 Å². The molecule has 82 valence electrons. The Labute approximate surface area is 101 Å². The molecule has 0 aliphatic rings. The van der Waals surface area contributed by atoms with Gasteiger partial charge >= 0.3 is 0 Å². The Balaban J connectivity index is 2.22. The van der Waals surface area contributed by atoms with Crippen LogP contribution in [0.4, 0.5) is 5.13 Å². The topological polar surface area (TPSA) is 78.5 Å². The average Bonchev–Trinajstić information content (AvgIpc) is 2.93. The van der Waals surface area contributed by atoms with Crippen molar-refractivity contribution in [3.8, 4) is 17.3 Å². The molecule has 0 atom stereocenters. The minimum atomic E-state index is 0.558. The van der Waals surface area contributed by atoms with Crippen LogP contribution in [-0.4, -0.2) is 9.97 Å². The molecule has 0 saturated heterocycles. The van der Waals surface area contributed by atoms with Crippen LogP contribution in [0.15, 0.2) is 29.8 Å². The summed E-state index contributed by atoms with van der Waals surface area (Å²) in [6.45, 7) is 0. The number of fused-ring (bicyclic) bond motifs is 1. The first-order valence-electron chi connectivity index (χ1n) is 5.00. The van der Waals surface area contributed by atoms with Gasteiger partial charge in [-0.25, -0.2) is 4.98 Å². The largest absolute Gasteiger partial charge is 0.375 e. The molecular formula is C12H8N4S. The number of nitrogens with one attached hydrogen (secondary N) is 1. The molecule has 3 N–H and O–H groups in total. The normalized spacial score (nSPS) is 10.5. The minimum absolute atomic E-state index is 0.558. The van der Waals surface area contributed by atoms with Crippen molar-refractivity contribution in [2.45, 2.75) is 0 Å². The highest BCUT2D eigenvalue weighted by atomic mass is 32.1. The Kier molecular flexibility index (Phi) is 2.10. The van der Waals surface area contributed by atoms with Gasteiger partial charge in [0.25, 0.3) is 0 Å². The molecule has 0 radical (unpaired) electrons. The quantitative estimate of drug-likeness (QED) is 0.686. The van der Waals surface area contributed by atoms with E-state index in [1.165, 1.54) is 11.3 Å². The van der Waals surface area contributed by atoms with Crippen LogP contribution in [0, 0.1) is 11.3 Å². The van der Waals surface area contributed by atoms with Gasteiger partial charge in [-0.15, -0.1) is 11.3 Å². The van der Waals surface area contributed by atoms with Crippen LogP contribution in [0.1, 0.15) is 5.56 Å². The third-order valence-corrected chi connectivity index (χ3v) is 3.28. The van der Waals surface area contributed by atoms with Crippen LogP contribution >= 0.6 is 11.3 Å². The van der Waals surface area contributed by atoms with Crippen LogP contribution in [0.25, 0.3) is 22.2 Å². The van der Waals surface area contributed by atoms with Crippen molar-refractivity contribution in [1.82, 2.24) is 9.97 Å². The Morgan fingerprint density at radius 1 is 1.41 bits per heavy atom. The second kappa shape index (κ2) is 3.61. The van der Waals surface area contributed by atoms with Crippen molar-refractivity contribution in [2.75, 3.05) is 5.73 Å². The second-order valence-corrected chi connectivity index (χ2v) is 4.54. The van der Waals surface area contributed by atoms with Gasteiger partial charge in [-0.1, -0.05) is 6.07 Å². The maximum atomic E-state index is 8.83. The fourth-order valence-electron chi connectivity index (χ4n) is 1.82. The molecule has 5 heteroatoms. The molecule has 0 fully saturated rings. The molecule has 0 aliphatic carbocycles. The van der Waals surface area contributed by atoms with Crippen molar-refractivity contribution < 1.29 is 0 Å². The van der Waals surface area contributed by atoms with Crippen molar-refractivity contribution in [1.29, 1.82) is 5.26 Å². The number of rotatable bonds is 1. The maximum Gasteiger partial charge on any atom is 0.180 e. The number of aromatic nitrogens is 2. The zero-order valence-electron chi connectivity index (χ0n) is 8.77. The van der Waals surface area contributed by atoms with Gasteiger partial charge in [0.05, 0.1) is 17.3 Å². The molecule has 1 aromatic carbocycles. The molecule has 3 aromatic rings. The molecule has 0 amide bonds. The zero-order valence-corrected chi connectivity index (χ0v) is 9.58. The lowest BCUT2D eigenvalue weighted by Gasteiger charge is -1.94. The van der Waals surface area contributed by atoms with E-state index in [9.17, 15) is 0 Å². The van der Waals surface area contributed by atoms with E-state index in [-0.39, 0.29) is 0 Å². The van der Waals surface area contributed by atoms with E-state index in [4.69, 9.17) is 11.0 Å². The van der Waals surface area contributed by atoms with Crippen LogP contribution in [0.2, 0.25) is 0 Å². The fourth-order valence-corrected chi connectivity index (χ4v) is 2.38. The zero-order chi connectivity index (χ0) is 11.8. The summed E-state index contributed by atoms with van der Waals surface area (Å²) >= 11 is 1.42. The predicted molar refractivity (Wildman–Crippen MR) is 68.5 cm³/mol. The summed E-state index contributed by atoms with van der Waals surface area (Å²) in [6.07, 6.45) is 1.89. The fraction of sp³-hybridized carbons (Fsp3) is 0. The van der Waals surface area contributed by atoms with Crippen LogP contribution in [0.3, 0.4) is 0 Å². The van der Waals surface area contributed by atoms with E-state index in [0.29, 0.717) is 10.7 Å². The summed E-state index contributed by atoms with van der Waals surface area (Å²) < 4.78 is 0. The van der Waals surface area contributed by atoms with Gasteiger partial charge < -0.3 is 10.7 Å². The van der Waals surface area contributed by atoms with Crippen LogP contribution < -0.4 is 5.73 Å². The first kappa shape index (κ1) is 9.87. The second-order valence-electron chi connectivity index (χ2n) is 3.65. The van der Waals surface area contributed by atoms with E-state index in [1.807, 2.05) is 23.7 Å². The Bertz CT molecular complexity index is 732. The van der Waals surface area contributed by atoms with Crippen molar-refractivity contribution in [3.05, 3.63) is 35.3 Å². The number of nitrogens with two attached hydrogens (primary N) is 1. The SMILES string of the molecule is N#Cc1ccc2c(-c3csc(N)n3)c[nH]c2c1. The Morgan fingerprint density at radius 3 is 3.00 bits per heavy atom. The van der Waals surface area contributed by atoms with Crippen molar-refractivity contribution in [3.63, 3.8) is 0 Å². The van der Waals surface area contributed by atoms with Gasteiger partial charge in [-0.05, 0) is 12.1 Å². The highest BCUT2D eigenvalue weighted by Crippen LogP contribution is 2.30. The Morgan fingerprint density at radius 2 is 2.29 bits per heavy atom. The van der Waals surface area contributed by atoms with Crippen molar-refractivity contribution in [2.24, 2.45) is 0 Å². The van der Waals surface area contributed by atoms with Crippen molar-refractivity contribution >= 4 is 27.4 Å². The summed E-state index contributed by atoms with van der Waals surface area (Å²) in [5.41, 5.74) is 9.08. The molecule has 0 unspecified atom stereocenters. The lowest BCUT2D eigenvalue weighted by molar-refractivity contribution is 1.41. The third-order valence-electron chi connectivity index (χ3n) is 2.61. The predicted octanol–water partition coefficient (Wildman–Crippen LogP) is 2.75. The standard InChI is InChI=1S/C12H8N4S/c13-4-7-1-2-8-9(5-15-10(8)3-7)11-6-17-12(14)16-11/h1-3,5-6,15H,(H2,14,16). The molecular weight excluding hydrogens is 232 g/mol. The number of anilines is 1. The van der Waals surface area contributed by atoms with Gasteiger partial charge in [0.2, 0.25) is 0 Å². The number of aromatic amines is 1. The summed E-state index contributed by atoms with van der Waals surface area (Å²) in [4.78, 5) is 7.40. The summed E-state index contributed by atoms with van der Waals surface area (Å²) in [5, 5.41) is 12.4. The van der Waals surface area contributed by atoms with E-state index in [1.54, 1.807) is 6.07 Å². The Hall–Kier alpha value is -2.32. The van der Waals surface area contributed by atoms with Gasteiger partial charge in [-0.3, -0.25) is 0 Å². The number of hydrogen-bond acceptors (Lipinski definition) is 4. The molecule has 0 spiro atoms. The monoisotopic (exact) mass is 240 g/mol. The van der Waals surface area contributed by atoms with E-state index in [0.717, 1.165) is 22.2 Å².